The number of anilines is 2. The third-order valence-corrected chi connectivity index (χ3v) is 6.65. The Balaban J connectivity index is 1.47. The minimum Gasteiger partial charge on any atom is -0.493 e. The van der Waals surface area contributed by atoms with E-state index in [0.29, 0.717) is 35.3 Å². The van der Waals surface area contributed by atoms with E-state index in [1.807, 2.05) is 80.6 Å². The van der Waals surface area contributed by atoms with Crippen LogP contribution in [0.1, 0.15) is 29.7 Å². The van der Waals surface area contributed by atoms with Crippen LogP contribution in [0, 0.1) is 6.92 Å². The zero-order valence-corrected chi connectivity index (χ0v) is 22.2. The van der Waals surface area contributed by atoms with Gasteiger partial charge in [-0.15, -0.1) is 0 Å². The van der Waals surface area contributed by atoms with Gasteiger partial charge in [0, 0.05) is 15.9 Å². The van der Waals surface area contributed by atoms with Crippen LogP contribution in [0.4, 0.5) is 11.6 Å². The van der Waals surface area contributed by atoms with E-state index in [0.717, 1.165) is 26.9 Å². The van der Waals surface area contributed by atoms with Crippen molar-refractivity contribution in [2.75, 3.05) is 17.7 Å². The number of methoxy groups -OCH3 is 1. The normalized spacial score (nSPS) is 14.5. The molecule has 2 N–H and O–H groups in total. The van der Waals surface area contributed by atoms with Crippen molar-refractivity contribution in [3.63, 3.8) is 0 Å². The van der Waals surface area contributed by atoms with E-state index in [4.69, 9.17) is 9.47 Å². The van der Waals surface area contributed by atoms with Gasteiger partial charge in [-0.05, 0) is 66.9 Å². The molecule has 1 unspecified atom stereocenters. The highest BCUT2D eigenvalue weighted by Crippen LogP contribution is 2.39. The molecule has 0 spiro atoms. The van der Waals surface area contributed by atoms with Crippen molar-refractivity contribution in [3.8, 4) is 11.5 Å². The summed E-state index contributed by atoms with van der Waals surface area (Å²) in [7, 11) is 1.60. The molecular formula is C28H26BrN5O3. The van der Waals surface area contributed by atoms with Gasteiger partial charge < -0.3 is 20.1 Å². The fourth-order valence-electron chi connectivity index (χ4n) is 4.33. The molecule has 0 saturated carbocycles. The van der Waals surface area contributed by atoms with Crippen molar-refractivity contribution in [1.82, 2.24) is 14.8 Å². The van der Waals surface area contributed by atoms with Gasteiger partial charge in [0.25, 0.3) is 5.91 Å². The zero-order chi connectivity index (χ0) is 25.9. The summed E-state index contributed by atoms with van der Waals surface area (Å²) in [5.74, 6) is 1.50. The lowest BCUT2D eigenvalue weighted by molar-refractivity contribution is -0.113. The number of hydrogen-bond acceptors (Lipinski definition) is 6. The SMILES string of the molecule is COc1cc(C2C(C(=O)Nc3cccc(C)c3)=C(C)Nc3ncnn32)ccc1OCc1ccc(Br)cc1. The van der Waals surface area contributed by atoms with E-state index < -0.39 is 6.04 Å². The Morgan fingerprint density at radius 1 is 1.08 bits per heavy atom. The number of amides is 1. The number of allylic oxidation sites excluding steroid dienone is 1. The average Bonchev–Trinajstić information content (AvgIpc) is 3.35. The van der Waals surface area contributed by atoms with E-state index in [1.165, 1.54) is 6.33 Å². The van der Waals surface area contributed by atoms with Crippen LogP contribution in [-0.4, -0.2) is 27.8 Å². The number of nitrogens with zero attached hydrogens (tertiary/aromatic N) is 3. The lowest BCUT2D eigenvalue weighted by Gasteiger charge is -2.29. The fraction of sp³-hybridized carbons (Fsp3) is 0.179. The van der Waals surface area contributed by atoms with E-state index in [-0.39, 0.29) is 5.91 Å². The van der Waals surface area contributed by atoms with E-state index >= 15 is 0 Å². The van der Waals surface area contributed by atoms with Gasteiger partial charge in [0.15, 0.2) is 11.5 Å². The largest absolute Gasteiger partial charge is 0.493 e. The maximum atomic E-state index is 13.6. The lowest BCUT2D eigenvalue weighted by atomic mass is 9.94. The van der Waals surface area contributed by atoms with Gasteiger partial charge in [0.05, 0.1) is 12.7 Å². The van der Waals surface area contributed by atoms with Gasteiger partial charge >= 0.3 is 0 Å². The molecule has 2 heterocycles. The number of nitrogens with one attached hydrogen (secondary N) is 2. The van der Waals surface area contributed by atoms with Crippen molar-refractivity contribution < 1.29 is 14.3 Å². The first kappa shape index (κ1) is 24.6. The van der Waals surface area contributed by atoms with Crippen LogP contribution in [0.3, 0.4) is 0 Å². The summed E-state index contributed by atoms with van der Waals surface area (Å²) >= 11 is 3.45. The van der Waals surface area contributed by atoms with Gasteiger partial charge in [-0.1, -0.05) is 46.3 Å². The van der Waals surface area contributed by atoms with Gasteiger partial charge in [0.1, 0.15) is 19.0 Å². The molecule has 188 valence electrons. The number of fused-ring (bicyclic) bond motifs is 1. The number of carbonyl (C=O) groups excluding carboxylic acids is 1. The van der Waals surface area contributed by atoms with Crippen LogP contribution in [0.25, 0.3) is 0 Å². The monoisotopic (exact) mass is 559 g/mol. The maximum Gasteiger partial charge on any atom is 0.255 e. The van der Waals surface area contributed by atoms with Crippen LogP contribution in [0.15, 0.2) is 88.8 Å². The standard InChI is InChI=1S/C28H26BrN5O3/c1-17-5-4-6-22(13-17)33-27(35)25-18(2)32-28-30-16-31-34(28)26(25)20-9-12-23(24(14-20)36-3)37-15-19-7-10-21(29)11-8-19/h4-14,16,26H,15H2,1-3H3,(H,33,35)(H,30,31,32). The second kappa shape index (κ2) is 10.5. The second-order valence-corrected chi connectivity index (χ2v) is 9.66. The minimum atomic E-state index is -0.516. The van der Waals surface area contributed by atoms with E-state index in [2.05, 4.69) is 36.6 Å². The molecule has 4 aromatic rings. The Kier molecular flexibility index (Phi) is 6.96. The second-order valence-electron chi connectivity index (χ2n) is 8.74. The van der Waals surface area contributed by atoms with Crippen LogP contribution >= 0.6 is 15.9 Å². The Morgan fingerprint density at radius 3 is 2.65 bits per heavy atom. The summed E-state index contributed by atoms with van der Waals surface area (Å²) in [6.45, 7) is 4.25. The number of aryl methyl sites for hydroxylation is 1. The summed E-state index contributed by atoms with van der Waals surface area (Å²) in [5.41, 5.74) is 4.87. The highest BCUT2D eigenvalue weighted by Gasteiger charge is 2.34. The van der Waals surface area contributed by atoms with Crippen LogP contribution in [-0.2, 0) is 11.4 Å². The Bertz CT molecular complexity index is 1480. The predicted octanol–water partition coefficient (Wildman–Crippen LogP) is 5.86. The van der Waals surface area contributed by atoms with Gasteiger partial charge in [0.2, 0.25) is 5.95 Å². The quantitative estimate of drug-likeness (QED) is 0.294. The highest BCUT2D eigenvalue weighted by atomic mass is 79.9. The summed E-state index contributed by atoms with van der Waals surface area (Å²) in [6, 6.07) is 20.8. The van der Waals surface area contributed by atoms with Crippen molar-refractivity contribution in [2.24, 2.45) is 0 Å². The number of aromatic nitrogens is 3. The molecule has 37 heavy (non-hydrogen) atoms. The Hall–Kier alpha value is -4.11. The molecule has 8 nitrogen and oxygen atoms in total. The number of halogens is 1. The molecule has 1 amide bonds. The van der Waals surface area contributed by atoms with Crippen molar-refractivity contribution in [3.05, 3.63) is 105 Å². The topological polar surface area (TPSA) is 90.3 Å². The molecular weight excluding hydrogens is 534 g/mol. The van der Waals surface area contributed by atoms with Crippen molar-refractivity contribution in [2.45, 2.75) is 26.5 Å². The summed E-state index contributed by atoms with van der Waals surface area (Å²) in [4.78, 5) is 17.9. The Morgan fingerprint density at radius 2 is 1.89 bits per heavy atom. The molecule has 0 bridgehead atoms. The maximum absolute atomic E-state index is 13.6. The fourth-order valence-corrected chi connectivity index (χ4v) is 4.59. The lowest BCUT2D eigenvalue weighted by Crippen LogP contribution is -2.31. The van der Waals surface area contributed by atoms with Crippen LogP contribution in [0.5, 0.6) is 11.5 Å². The number of ether oxygens (including phenoxy) is 2. The molecule has 1 aliphatic rings. The van der Waals surface area contributed by atoms with Crippen LogP contribution < -0.4 is 20.1 Å². The number of carbonyl (C=O) groups is 1. The molecule has 1 aromatic heterocycles. The molecule has 0 saturated heterocycles. The third kappa shape index (κ3) is 5.22. The molecule has 5 rings (SSSR count). The predicted molar refractivity (Wildman–Crippen MR) is 146 cm³/mol. The first-order chi connectivity index (χ1) is 17.9. The summed E-state index contributed by atoms with van der Waals surface area (Å²) in [6.07, 6.45) is 1.47. The smallest absolute Gasteiger partial charge is 0.255 e. The number of rotatable bonds is 7. The summed E-state index contributed by atoms with van der Waals surface area (Å²) in [5, 5.41) is 10.6. The van der Waals surface area contributed by atoms with Crippen molar-refractivity contribution in [1.29, 1.82) is 0 Å². The van der Waals surface area contributed by atoms with Gasteiger partial charge in [-0.25, -0.2) is 4.68 Å². The first-order valence-electron chi connectivity index (χ1n) is 11.7. The molecule has 0 radical (unpaired) electrons. The minimum absolute atomic E-state index is 0.226. The molecule has 1 atom stereocenters. The molecule has 1 aliphatic heterocycles. The van der Waals surface area contributed by atoms with Crippen molar-refractivity contribution >= 4 is 33.5 Å². The van der Waals surface area contributed by atoms with E-state index in [9.17, 15) is 4.79 Å². The first-order valence-corrected chi connectivity index (χ1v) is 12.5. The third-order valence-electron chi connectivity index (χ3n) is 6.13. The molecule has 3 aromatic carbocycles. The highest BCUT2D eigenvalue weighted by molar-refractivity contribution is 9.10. The van der Waals surface area contributed by atoms with Gasteiger partial charge in [-0.2, -0.15) is 10.1 Å². The van der Waals surface area contributed by atoms with Crippen LogP contribution in [0.2, 0.25) is 0 Å². The average molecular weight is 560 g/mol. The Labute approximate surface area is 223 Å². The summed E-state index contributed by atoms with van der Waals surface area (Å²) < 4.78 is 14.4. The zero-order valence-electron chi connectivity index (χ0n) is 20.7. The molecule has 0 aliphatic carbocycles. The number of hydrogen-bond donors (Lipinski definition) is 2. The number of benzene rings is 3. The molecule has 9 heteroatoms. The van der Waals surface area contributed by atoms with E-state index in [1.54, 1.807) is 11.8 Å². The van der Waals surface area contributed by atoms with Gasteiger partial charge in [-0.3, -0.25) is 4.79 Å². The molecule has 0 fully saturated rings.